The average Bonchev–Trinajstić information content (AvgIpc) is 3.50. The highest BCUT2D eigenvalue weighted by Gasteiger charge is 2.41. The molecule has 2 saturated heterocycles. The molecule has 0 aliphatic carbocycles. The summed E-state index contributed by atoms with van der Waals surface area (Å²) in [7, 11) is 1.58. The summed E-state index contributed by atoms with van der Waals surface area (Å²) in [5, 5.41) is 10.1. The van der Waals surface area contributed by atoms with E-state index in [1.165, 1.54) is 24.0 Å². The molecular formula is C31H35Cl2F3N6O. The molecule has 2 atom stereocenters. The molecule has 2 aliphatic heterocycles. The van der Waals surface area contributed by atoms with E-state index in [-0.39, 0.29) is 42.5 Å². The Morgan fingerprint density at radius 3 is 2.21 bits per heavy atom. The standard InChI is InChI=1S/C31H33F3N6O.2ClH/c1-41-28-16-15-25(40-30(31(32,33)34)35-36-37-40)18-24(28)19-38-20-26-14-8-9-17-39(26)27(21-38)29(22-10-4-2-5-11-22)23-12-6-3-7-13-23;;/h2-7,10-13,15-16,18,26-27,29H,8-9,14,17,19-21H2,1H3;2*1H/t26-,27-;;/m0../s1. The van der Waals surface area contributed by atoms with Crippen molar-refractivity contribution in [2.45, 2.75) is 50.0 Å². The predicted molar refractivity (Wildman–Crippen MR) is 163 cm³/mol. The number of benzene rings is 3. The molecule has 0 radical (unpaired) electrons. The average molecular weight is 636 g/mol. The first-order valence-electron chi connectivity index (χ1n) is 14.0. The fourth-order valence-corrected chi connectivity index (χ4v) is 6.58. The van der Waals surface area contributed by atoms with E-state index < -0.39 is 12.0 Å². The Balaban J connectivity index is 0.00000212. The van der Waals surface area contributed by atoms with E-state index in [0.29, 0.717) is 18.3 Å². The van der Waals surface area contributed by atoms with Crippen molar-refractivity contribution < 1.29 is 17.9 Å². The second-order valence-electron chi connectivity index (χ2n) is 10.9. The smallest absolute Gasteiger partial charge is 0.453 e. The van der Waals surface area contributed by atoms with Gasteiger partial charge in [-0.2, -0.15) is 17.9 Å². The van der Waals surface area contributed by atoms with Crippen LogP contribution in [-0.4, -0.2) is 68.8 Å². The first kappa shape index (κ1) is 32.7. The molecule has 3 heterocycles. The predicted octanol–water partition coefficient (Wildman–Crippen LogP) is 6.40. The first-order chi connectivity index (χ1) is 19.9. The highest BCUT2D eigenvalue weighted by atomic mass is 35.5. The molecule has 2 aliphatic rings. The third-order valence-corrected chi connectivity index (χ3v) is 8.34. The maximum Gasteiger partial charge on any atom is 0.453 e. The lowest BCUT2D eigenvalue weighted by Crippen LogP contribution is -2.61. The van der Waals surface area contributed by atoms with E-state index in [1.807, 2.05) is 0 Å². The Morgan fingerprint density at radius 2 is 1.58 bits per heavy atom. The second kappa shape index (κ2) is 14.1. The fourth-order valence-electron chi connectivity index (χ4n) is 6.58. The molecule has 230 valence electrons. The zero-order chi connectivity index (χ0) is 28.4. The van der Waals surface area contributed by atoms with Gasteiger partial charge in [-0.25, -0.2) is 0 Å². The molecule has 0 bridgehead atoms. The zero-order valence-electron chi connectivity index (χ0n) is 23.7. The Kier molecular flexibility index (Phi) is 10.7. The molecule has 6 rings (SSSR count). The molecule has 4 aromatic rings. The minimum atomic E-state index is -4.67. The lowest BCUT2D eigenvalue weighted by atomic mass is 9.80. The van der Waals surface area contributed by atoms with Gasteiger partial charge < -0.3 is 4.74 Å². The van der Waals surface area contributed by atoms with Crippen molar-refractivity contribution in [3.63, 3.8) is 0 Å². The summed E-state index contributed by atoms with van der Waals surface area (Å²) in [6.07, 6.45) is -1.16. The maximum absolute atomic E-state index is 13.5. The van der Waals surface area contributed by atoms with Crippen molar-refractivity contribution in [2.75, 3.05) is 26.7 Å². The van der Waals surface area contributed by atoms with Gasteiger partial charge in [-0.05, 0) is 59.1 Å². The van der Waals surface area contributed by atoms with Crippen LogP contribution in [0.2, 0.25) is 0 Å². The number of piperidine rings is 1. The number of hydrogen-bond acceptors (Lipinski definition) is 6. The van der Waals surface area contributed by atoms with Gasteiger partial charge in [0.1, 0.15) is 5.75 Å². The molecule has 0 saturated carbocycles. The Hall–Kier alpha value is -3.18. The van der Waals surface area contributed by atoms with Crippen LogP contribution in [0.1, 0.15) is 47.7 Å². The molecule has 1 aromatic heterocycles. The number of rotatable bonds is 7. The first-order valence-corrected chi connectivity index (χ1v) is 14.0. The number of fused-ring (bicyclic) bond motifs is 1. The number of ether oxygens (including phenoxy) is 1. The van der Waals surface area contributed by atoms with Crippen LogP contribution < -0.4 is 4.74 Å². The molecule has 0 unspecified atom stereocenters. The van der Waals surface area contributed by atoms with Crippen LogP contribution >= 0.6 is 24.8 Å². The number of aromatic nitrogens is 4. The van der Waals surface area contributed by atoms with E-state index >= 15 is 0 Å². The topological polar surface area (TPSA) is 59.3 Å². The van der Waals surface area contributed by atoms with Crippen molar-refractivity contribution in [3.8, 4) is 11.4 Å². The van der Waals surface area contributed by atoms with Gasteiger partial charge >= 0.3 is 6.18 Å². The minimum absolute atomic E-state index is 0. The number of hydrogen-bond donors (Lipinski definition) is 0. The van der Waals surface area contributed by atoms with Gasteiger partial charge in [0.15, 0.2) is 0 Å². The van der Waals surface area contributed by atoms with Crippen molar-refractivity contribution in [1.82, 2.24) is 30.0 Å². The number of halogens is 5. The van der Waals surface area contributed by atoms with Gasteiger partial charge in [-0.15, -0.1) is 29.9 Å². The number of alkyl halides is 3. The third kappa shape index (κ3) is 6.98. The molecule has 2 fully saturated rings. The zero-order valence-corrected chi connectivity index (χ0v) is 25.4. The van der Waals surface area contributed by atoms with Gasteiger partial charge in [0, 0.05) is 43.2 Å². The van der Waals surface area contributed by atoms with Crippen LogP contribution in [0.4, 0.5) is 13.2 Å². The fraction of sp³-hybridized carbons (Fsp3) is 0.387. The molecule has 0 N–H and O–H groups in total. The molecule has 3 aromatic carbocycles. The lowest BCUT2D eigenvalue weighted by Gasteiger charge is -2.52. The van der Waals surface area contributed by atoms with E-state index in [2.05, 4.69) is 86.0 Å². The summed E-state index contributed by atoms with van der Waals surface area (Å²) < 4.78 is 47.0. The maximum atomic E-state index is 13.5. The molecule has 43 heavy (non-hydrogen) atoms. The van der Waals surface area contributed by atoms with Gasteiger partial charge in [-0.1, -0.05) is 67.1 Å². The molecule has 0 amide bonds. The van der Waals surface area contributed by atoms with Gasteiger partial charge in [0.2, 0.25) is 0 Å². The molecular weight excluding hydrogens is 600 g/mol. The largest absolute Gasteiger partial charge is 0.496 e. The van der Waals surface area contributed by atoms with Gasteiger partial charge in [0.25, 0.3) is 5.82 Å². The van der Waals surface area contributed by atoms with Crippen LogP contribution in [0.25, 0.3) is 5.69 Å². The summed E-state index contributed by atoms with van der Waals surface area (Å²) in [4.78, 5) is 5.14. The van der Waals surface area contributed by atoms with E-state index in [4.69, 9.17) is 4.74 Å². The molecule has 0 spiro atoms. The van der Waals surface area contributed by atoms with E-state index in [0.717, 1.165) is 36.3 Å². The highest BCUT2D eigenvalue weighted by molar-refractivity contribution is 5.85. The Bertz CT molecular complexity index is 1420. The molecule has 12 heteroatoms. The van der Waals surface area contributed by atoms with Crippen molar-refractivity contribution in [2.24, 2.45) is 0 Å². The highest BCUT2D eigenvalue weighted by Crippen LogP contribution is 2.38. The second-order valence-corrected chi connectivity index (χ2v) is 10.9. The van der Waals surface area contributed by atoms with Crippen LogP contribution in [0.15, 0.2) is 78.9 Å². The summed E-state index contributed by atoms with van der Waals surface area (Å²) >= 11 is 0. The number of nitrogens with zero attached hydrogens (tertiary/aromatic N) is 6. The van der Waals surface area contributed by atoms with Crippen molar-refractivity contribution in [3.05, 3.63) is 101 Å². The summed E-state index contributed by atoms with van der Waals surface area (Å²) in [5.41, 5.74) is 3.62. The van der Waals surface area contributed by atoms with Gasteiger partial charge in [-0.3, -0.25) is 9.80 Å². The number of piperazine rings is 1. The normalized spacial score (nSPS) is 19.3. The summed E-state index contributed by atoms with van der Waals surface area (Å²) in [6, 6.07) is 27.0. The Morgan fingerprint density at radius 1 is 0.907 bits per heavy atom. The minimum Gasteiger partial charge on any atom is -0.496 e. The van der Waals surface area contributed by atoms with E-state index in [1.54, 1.807) is 25.3 Å². The molecule has 7 nitrogen and oxygen atoms in total. The SMILES string of the molecule is COc1ccc(-n2nnnc2C(F)(F)F)cc1CN1C[C@@H]2CCCCN2[C@H](C(c2ccccc2)c2ccccc2)C1.Cl.Cl. The summed E-state index contributed by atoms with van der Waals surface area (Å²) in [6.45, 7) is 3.31. The third-order valence-electron chi connectivity index (χ3n) is 8.34. The van der Waals surface area contributed by atoms with Crippen LogP contribution in [0, 0.1) is 0 Å². The van der Waals surface area contributed by atoms with Gasteiger partial charge in [0.05, 0.1) is 12.8 Å². The van der Waals surface area contributed by atoms with Crippen LogP contribution in [0.5, 0.6) is 5.75 Å². The quantitative estimate of drug-likeness (QED) is 0.234. The monoisotopic (exact) mass is 634 g/mol. The van der Waals surface area contributed by atoms with Crippen LogP contribution in [-0.2, 0) is 12.7 Å². The van der Waals surface area contributed by atoms with Crippen LogP contribution in [0.3, 0.4) is 0 Å². The number of tetrazole rings is 1. The van der Waals surface area contributed by atoms with Crippen molar-refractivity contribution in [1.29, 1.82) is 0 Å². The van der Waals surface area contributed by atoms with E-state index in [9.17, 15) is 13.2 Å². The summed E-state index contributed by atoms with van der Waals surface area (Å²) in [5.74, 6) is -0.344. The van der Waals surface area contributed by atoms with Crippen molar-refractivity contribution >= 4 is 24.8 Å². The Labute approximate surface area is 261 Å². The lowest BCUT2D eigenvalue weighted by molar-refractivity contribution is -0.146. The number of methoxy groups -OCH3 is 1.